The monoisotopic (exact) mass is 468 g/mol. The lowest BCUT2D eigenvalue weighted by Crippen LogP contribution is -2.31. The number of nitrogens with zero attached hydrogens (tertiary/aromatic N) is 2. The van der Waals surface area contributed by atoms with Crippen LogP contribution in [0.5, 0.6) is 11.5 Å². The van der Waals surface area contributed by atoms with Gasteiger partial charge in [0.05, 0.1) is 26.2 Å². The number of furan rings is 1. The predicted molar refractivity (Wildman–Crippen MR) is 121 cm³/mol. The molecular formula is C24H21ClN2O6. The van der Waals surface area contributed by atoms with Crippen molar-refractivity contribution >= 4 is 29.2 Å². The van der Waals surface area contributed by atoms with Crippen LogP contribution < -0.4 is 9.47 Å². The highest BCUT2D eigenvalue weighted by atomic mass is 35.5. The fraction of sp³-hybridized carbons (Fsp3) is 0.208. The summed E-state index contributed by atoms with van der Waals surface area (Å²) in [6.45, 7) is -0.355. The first-order chi connectivity index (χ1) is 16.0. The molecule has 8 nitrogen and oxygen atoms in total. The number of hydrazone groups is 1. The van der Waals surface area contributed by atoms with Crippen molar-refractivity contribution in [1.82, 2.24) is 5.01 Å². The normalized spacial score (nSPS) is 15.2. The molecule has 1 atom stereocenters. The van der Waals surface area contributed by atoms with Crippen LogP contribution in [0.25, 0.3) is 0 Å². The molecule has 0 aliphatic carbocycles. The number of carbonyl (C=O) groups excluding carboxylic acids is 2. The summed E-state index contributed by atoms with van der Waals surface area (Å²) in [6.07, 6.45) is 2.01. The van der Waals surface area contributed by atoms with E-state index in [1.807, 2.05) is 12.1 Å². The summed E-state index contributed by atoms with van der Waals surface area (Å²) in [5, 5.41) is 6.51. The second-order valence-electron chi connectivity index (χ2n) is 7.17. The van der Waals surface area contributed by atoms with E-state index >= 15 is 0 Å². The maximum absolute atomic E-state index is 13.1. The predicted octanol–water partition coefficient (Wildman–Crippen LogP) is 4.48. The van der Waals surface area contributed by atoms with Gasteiger partial charge >= 0.3 is 5.97 Å². The second kappa shape index (κ2) is 9.79. The van der Waals surface area contributed by atoms with Gasteiger partial charge in [0, 0.05) is 17.5 Å². The van der Waals surface area contributed by atoms with Gasteiger partial charge in [0.1, 0.15) is 28.9 Å². The molecule has 1 unspecified atom stereocenters. The van der Waals surface area contributed by atoms with Crippen molar-refractivity contribution < 1.29 is 28.2 Å². The van der Waals surface area contributed by atoms with Gasteiger partial charge in [-0.25, -0.2) is 9.80 Å². The van der Waals surface area contributed by atoms with Gasteiger partial charge in [-0.05, 0) is 42.0 Å². The topological polar surface area (TPSA) is 90.6 Å². The Bertz CT molecular complexity index is 1170. The number of hydrogen-bond acceptors (Lipinski definition) is 7. The Kier molecular flexibility index (Phi) is 6.65. The van der Waals surface area contributed by atoms with Gasteiger partial charge in [0.2, 0.25) is 0 Å². The van der Waals surface area contributed by atoms with Crippen LogP contribution in [0.2, 0.25) is 5.02 Å². The van der Waals surface area contributed by atoms with Crippen LogP contribution in [0.3, 0.4) is 0 Å². The quantitative estimate of drug-likeness (QED) is 0.475. The molecule has 0 spiro atoms. The smallest absolute Gasteiger partial charge is 0.341 e. The lowest BCUT2D eigenvalue weighted by atomic mass is 10.0. The number of methoxy groups -OCH3 is 2. The number of esters is 1. The Hall–Kier alpha value is -3.78. The molecule has 33 heavy (non-hydrogen) atoms. The number of rotatable bonds is 7. The number of benzene rings is 2. The van der Waals surface area contributed by atoms with Crippen LogP contribution in [-0.4, -0.2) is 43.4 Å². The molecule has 0 radical (unpaired) electrons. The molecule has 0 saturated carbocycles. The first kappa shape index (κ1) is 22.4. The van der Waals surface area contributed by atoms with Crippen LogP contribution in [0.4, 0.5) is 0 Å². The largest absolute Gasteiger partial charge is 0.497 e. The molecule has 0 N–H and O–H groups in total. The molecule has 9 heteroatoms. The van der Waals surface area contributed by atoms with Crippen LogP contribution in [0, 0.1) is 0 Å². The average molecular weight is 469 g/mol. The fourth-order valence-electron chi connectivity index (χ4n) is 3.49. The van der Waals surface area contributed by atoms with Gasteiger partial charge < -0.3 is 18.6 Å². The van der Waals surface area contributed by atoms with Crippen molar-refractivity contribution in [1.29, 1.82) is 0 Å². The van der Waals surface area contributed by atoms with E-state index in [-0.39, 0.29) is 17.9 Å². The summed E-state index contributed by atoms with van der Waals surface area (Å²) in [7, 11) is 2.76. The standard InChI is InChI=1S/C24H21ClN2O6/c1-30-17-9-10-18(24(29)31-2)22(12-17)33-14-23(28)27-20(21-4-3-11-32-21)13-19(26-27)15-5-7-16(25)8-6-15/h3-12,20H,13-14H2,1-2H3. The van der Waals surface area contributed by atoms with Gasteiger partial charge in [-0.1, -0.05) is 23.7 Å². The van der Waals surface area contributed by atoms with Gasteiger partial charge in [-0.15, -0.1) is 0 Å². The van der Waals surface area contributed by atoms with Gasteiger partial charge in [0.25, 0.3) is 5.91 Å². The molecule has 0 bridgehead atoms. The summed E-state index contributed by atoms with van der Waals surface area (Å²) in [6, 6.07) is 15.0. The summed E-state index contributed by atoms with van der Waals surface area (Å²) in [5.41, 5.74) is 1.76. The molecule has 1 aromatic heterocycles. The number of ether oxygens (including phenoxy) is 3. The zero-order valence-corrected chi connectivity index (χ0v) is 18.7. The molecule has 3 aromatic rings. The number of amides is 1. The Morgan fingerprint density at radius 2 is 1.94 bits per heavy atom. The van der Waals surface area contributed by atoms with Gasteiger partial charge in [0.15, 0.2) is 6.61 Å². The van der Waals surface area contributed by atoms with E-state index in [1.54, 1.807) is 36.6 Å². The molecule has 4 rings (SSSR count). The van der Waals surface area contributed by atoms with E-state index in [0.717, 1.165) is 11.3 Å². The zero-order chi connectivity index (χ0) is 23.4. The lowest BCUT2D eigenvalue weighted by Gasteiger charge is -2.20. The maximum atomic E-state index is 13.1. The average Bonchev–Trinajstić information content (AvgIpc) is 3.52. The summed E-state index contributed by atoms with van der Waals surface area (Å²) < 4.78 is 21.3. The fourth-order valence-corrected chi connectivity index (χ4v) is 3.62. The SMILES string of the molecule is COC(=O)c1ccc(OC)cc1OCC(=O)N1N=C(c2ccc(Cl)cc2)CC1c1ccco1. The van der Waals surface area contributed by atoms with Gasteiger partial charge in [-0.3, -0.25) is 4.79 Å². The first-order valence-electron chi connectivity index (χ1n) is 10.1. The molecule has 170 valence electrons. The van der Waals surface area contributed by atoms with E-state index in [0.29, 0.717) is 23.0 Å². The molecule has 2 aromatic carbocycles. The second-order valence-corrected chi connectivity index (χ2v) is 7.61. The van der Waals surface area contributed by atoms with E-state index in [2.05, 4.69) is 5.10 Å². The zero-order valence-electron chi connectivity index (χ0n) is 18.0. The summed E-state index contributed by atoms with van der Waals surface area (Å²) >= 11 is 6.00. The van der Waals surface area contributed by atoms with Crippen molar-refractivity contribution in [2.75, 3.05) is 20.8 Å². The third-order valence-corrected chi connectivity index (χ3v) is 5.41. The molecule has 2 heterocycles. The third kappa shape index (κ3) is 4.85. The van der Waals surface area contributed by atoms with Gasteiger partial charge in [-0.2, -0.15) is 5.10 Å². The Morgan fingerprint density at radius 1 is 1.15 bits per heavy atom. The minimum Gasteiger partial charge on any atom is -0.497 e. The lowest BCUT2D eigenvalue weighted by molar-refractivity contribution is -0.135. The number of hydrogen-bond donors (Lipinski definition) is 0. The Morgan fingerprint density at radius 3 is 2.61 bits per heavy atom. The molecule has 0 saturated heterocycles. The number of halogens is 1. The highest BCUT2D eigenvalue weighted by molar-refractivity contribution is 6.30. The van der Waals surface area contributed by atoms with Crippen molar-refractivity contribution in [3.8, 4) is 11.5 Å². The molecule has 1 aliphatic rings. The van der Waals surface area contributed by atoms with Crippen molar-refractivity contribution in [2.45, 2.75) is 12.5 Å². The van der Waals surface area contributed by atoms with Crippen molar-refractivity contribution in [3.63, 3.8) is 0 Å². The van der Waals surface area contributed by atoms with Crippen LogP contribution in [0.1, 0.15) is 34.1 Å². The van der Waals surface area contributed by atoms with Crippen LogP contribution in [-0.2, 0) is 9.53 Å². The van der Waals surface area contributed by atoms with E-state index in [1.165, 1.54) is 31.4 Å². The molecule has 1 aliphatic heterocycles. The van der Waals surface area contributed by atoms with Crippen LogP contribution in [0.15, 0.2) is 70.4 Å². The van der Waals surface area contributed by atoms with Crippen molar-refractivity contribution in [2.24, 2.45) is 5.10 Å². The molecule has 1 amide bonds. The molecule has 0 fully saturated rings. The highest BCUT2D eigenvalue weighted by Gasteiger charge is 2.35. The minimum absolute atomic E-state index is 0.171. The maximum Gasteiger partial charge on any atom is 0.341 e. The summed E-state index contributed by atoms with van der Waals surface area (Å²) in [4.78, 5) is 25.2. The Labute approximate surface area is 195 Å². The minimum atomic E-state index is -0.585. The van der Waals surface area contributed by atoms with E-state index in [4.69, 9.17) is 30.2 Å². The highest BCUT2D eigenvalue weighted by Crippen LogP contribution is 2.33. The number of carbonyl (C=O) groups is 2. The Balaban J connectivity index is 1.57. The first-order valence-corrected chi connectivity index (χ1v) is 10.5. The summed E-state index contributed by atoms with van der Waals surface area (Å²) in [5.74, 6) is 0.262. The van der Waals surface area contributed by atoms with Crippen LogP contribution >= 0.6 is 11.6 Å². The van der Waals surface area contributed by atoms with E-state index in [9.17, 15) is 9.59 Å². The van der Waals surface area contributed by atoms with Crippen molar-refractivity contribution in [3.05, 3.63) is 82.8 Å². The molecular weight excluding hydrogens is 448 g/mol. The van der Waals surface area contributed by atoms with E-state index < -0.39 is 17.9 Å². The third-order valence-electron chi connectivity index (χ3n) is 5.16.